The monoisotopic (exact) mass is 341 g/mol. The van der Waals surface area contributed by atoms with E-state index in [4.69, 9.17) is 10.1 Å². The van der Waals surface area contributed by atoms with Crippen LogP contribution >= 0.6 is 11.3 Å². The van der Waals surface area contributed by atoms with Crippen LogP contribution in [0.25, 0.3) is 16.8 Å². The molecule has 1 aliphatic heterocycles. The summed E-state index contributed by atoms with van der Waals surface area (Å²) in [6, 6.07) is 7.43. The van der Waals surface area contributed by atoms with Gasteiger partial charge >= 0.3 is 0 Å². The fraction of sp³-hybridized carbons (Fsp3) is 0.222. The molecule has 0 unspecified atom stereocenters. The smallest absolute Gasteiger partial charge is 0.135 e. The maximum Gasteiger partial charge on any atom is 0.135 e. The number of thiazole rings is 1. The fourth-order valence-electron chi connectivity index (χ4n) is 2.72. The van der Waals surface area contributed by atoms with Gasteiger partial charge in [0.05, 0.1) is 24.4 Å². The zero-order valence-corrected chi connectivity index (χ0v) is 14.4. The summed E-state index contributed by atoms with van der Waals surface area (Å²) >= 11 is 1.42. The molecule has 1 aromatic carbocycles. The molecule has 2 aromatic rings. The number of aliphatic hydroxyl groups is 1. The predicted molar refractivity (Wildman–Crippen MR) is 97.7 cm³/mol. The normalized spacial score (nSPS) is 17.5. The third kappa shape index (κ3) is 2.69. The average Bonchev–Trinajstić information content (AvgIpc) is 3.15. The lowest BCUT2D eigenvalue weighted by Gasteiger charge is -2.22. The standard InChI is InChI=1S/C18H19N3O2S/c1-4-8-21-11(2)16(22)15(17(21)19)18-20-14(10-24-18)12-6-5-7-13(9-12)23-3/h4-7,9-11,19,22H,1,8H2,2-3H3/t11-/m0/s1. The van der Waals surface area contributed by atoms with Gasteiger partial charge in [-0.1, -0.05) is 18.2 Å². The summed E-state index contributed by atoms with van der Waals surface area (Å²) < 4.78 is 5.25. The number of benzene rings is 1. The first-order valence-corrected chi connectivity index (χ1v) is 8.44. The molecule has 0 aliphatic carbocycles. The molecular weight excluding hydrogens is 322 g/mol. The zero-order chi connectivity index (χ0) is 17.3. The van der Waals surface area contributed by atoms with Crippen LogP contribution in [0.4, 0.5) is 0 Å². The lowest BCUT2D eigenvalue weighted by molar-refractivity contribution is 0.300. The number of aromatic nitrogens is 1. The largest absolute Gasteiger partial charge is 0.509 e. The van der Waals surface area contributed by atoms with Gasteiger partial charge in [-0.25, -0.2) is 4.98 Å². The third-order valence-electron chi connectivity index (χ3n) is 4.05. The number of ether oxygens (including phenoxy) is 1. The molecule has 0 amide bonds. The first-order valence-electron chi connectivity index (χ1n) is 7.56. The van der Waals surface area contributed by atoms with Crippen LogP contribution < -0.4 is 4.74 Å². The van der Waals surface area contributed by atoms with Gasteiger partial charge in [-0.3, -0.25) is 5.41 Å². The van der Waals surface area contributed by atoms with Crippen molar-refractivity contribution in [1.29, 1.82) is 5.41 Å². The maximum atomic E-state index is 10.4. The van der Waals surface area contributed by atoms with Crippen molar-refractivity contribution in [3.63, 3.8) is 0 Å². The molecule has 0 saturated carbocycles. The quantitative estimate of drug-likeness (QED) is 0.808. The Balaban J connectivity index is 1.96. The minimum Gasteiger partial charge on any atom is -0.509 e. The van der Waals surface area contributed by atoms with Crippen molar-refractivity contribution >= 4 is 22.7 Å². The molecule has 0 fully saturated rings. The van der Waals surface area contributed by atoms with E-state index in [1.165, 1.54) is 11.3 Å². The van der Waals surface area contributed by atoms with Crippen LogP contribution in [-0.4, -0.2) is 40.5 Å². The Labute approximate surface area is 145 Å². The Morgan fingerprint density at radius 2 is 2.29 bits per heavy atom. The molecule has 124 valence electrons. The van der Waals surface area contributed by atoms with Crippen molar-refractivity contribution in [2.24, 2.45) is 0 Å². The molecule has 1 aromatic heterocycles. The van der Waals surface area contributed by atoms with Crippen LogP contribution in [0, 0.1) is 5.41 Å². The highest BCUT2D eigenvalue weighted by molar-refractivity contribution is 7.11. The molecule has 1 atom stereocenters. The van der Waals surface area contributed by atoms with Gasteiger partial charge in [0.2, 0.25) is 0 Å². The highest BCUT2D eigenvalue weighted by atomic mass is 32.1. The number of rotatable bonds is 5. The van der Waals surface area contributed by atoms with Gasteiger partial charge in [0, 0.05) is 17.5 Å². The van der Waals surface area contributed by atoms with Crippen molar-refractivity contribution in [3.8, 4) is 17.0 Å². The highest BCUT2D eigenvalue weighted by Crippen LogP contribution is 2.35. The van der Waals surface area contributed by atoms with E-state index in [1.54, 1.807) is 18.1 Å². The SMILES string of the molecule is C=CCN1C(=N)C(c2nc(-c3cccc(OC)c3)cs2)=C(O)[C@@H]1C. The predicted octanol–water partition coefficient (Wildman–Crippen LogP) is 3.96. The van der Waals surface area contributed by atoms with Gasteiger partial charge in [-0.05, 0) is 19.1 Å². The second kappa shape index (κ2) is 6.49. The zero-order valence-electron chi connectivity index (χ0n) is 13.6. The molecule has 0 bridgehead atoms. The number of nitrogens with zero attached hydrogens (tertiary/aromatic N) is 2. The van der Waals surface area contributed by atoms with E-state index in [0.717, 1.165) is 17.0 Å². The summed E-state index contributed by atoms with van der Waals surface area (Å²) in [4.78, 5) is 6.42. The first-order chi connectivity index (χ1) is 11.6. The number of nitrogens with one attached hydrogen (secondary N) is 1. The summed E-state index contributed by atoms with van der Waals surface area (Å²) in [5.41, 5.74) is 2.25. The van der Waals surface area contributed by atoms with Crippen molar-refractivity contribution in [2.45, 2.75) is 13.0 Å². The molecule has 3 rings (SSSR count). The molecule has 24 heavy (non-hydrogen) atoms. The molecule has 0 radical (unpaired) electrons. The van der Waals surface area contributed by atoms with E-state index in [2.05, 4.69) is 11.6 Å². The summed E-state index contributed by atoms with van der Waals surface area (Å²) in [5.74, 6) is 1.24. The second-order valence-electron chi connectivity index (χ2n) is 5.50. The Morgan fingerprint density at radius 1 is 1.50 bits per heavy atom. The van der Waals surface area contributed by atoms with Gasteiger partial charge in [0.15, 0.2) is 0 Å². The molecule has 5 nitrogen and oxygen atoms in total. The first kappa shape index (κ1) is 16.3. The van der Waals surface area contributed by atoms with Crippen LogP contribution in [0.15, 0.2) is 48.1 Å². The van der Waals surface area contributed by atoms with E-state index >= 15 is 0 Å². The van der Waals surface area contributed by atoms with Gasteiger partial charge in [0.1, 0.15) is 22.4 Å². The Kier molecular flexibility index (Phi) is 4.40. The minimum absolute atomic E-state index is 0.188. The molecule has 0 spiro atoms. The van der Waals surface area contributed by atoms with E-state index in [-0.39, 0.29) is 17.6 Å². The van der Waals surface area contributed by atoms with Crippen LogP contribution in [0.3, 0.4) is 0 Å². The van der Waals surface area contributed by atoms with Crippen LogP contribution in [0.2, 0.25) is 0 Å². The molecular formula is C18H19N3O2S. The number of aliphatic hydroxyl groups excluding tert-OH is 1. The Hall–Kier alpha value is -2.60. The Morgan fingerprint density at radius 3 is 3.00 bits per heavy atom. The minimum atomic E-state index is -0.241. The van der Waals surface area contributed by atoms with Crippen molar-refractivity contribution < 1.29 is 9.84 Å². The van der Waals surface area contributed by atoms with E-state index < -0.39 is 0 Å². The number of hydrogen-bond donors (Lipinski definition) is 2. The molecule has 0 saturated heterocycles. The Bertz CT molecular complexity index is 825. The molecule has 6 heteroatoms. The molecule has 1 aliphatic rings. The summed E-state index contributed by atoms with van der Waals surface area (Å²) in [6.07, 6.45) is 1.73. The fourth-order valence-corrected chi connectivity index (χ4v) is 3.60. The van der Waals surface area contributed by atoms with Crippen molar-refractivity contribution in [1.82, 2.24) is 9.88 Å². The van der Waals surface area contributed by atoms with E-state index in [0.29, 0.717) is 17.1 Å². The number of amidine groups is 1. The van der Waals surface area contributed by atoms with Gasteiger partial charge in [-0.2, -0.15) is 0 Å². The number of methoxy groups -OCH3 is 1. The summed E-state index contributed by atoms with van der Waals surface area (Å²) in [5, 5.41) is 21.4. The molecule has 2 N–H and O–H groups in total. The summed E-state index contributed by atoms with van der Waals surface area (Å²) in [7, 11) is 1.63. The molecule has 2 heterocycles. The summed E-state index contributed by atoms with van der Waals surface area (Å²) in [6.45, 7) is 6.10. The van der Waals surface area contributed by atoms with Crippen LogP contribution in [-0.2, 0) is 0 Å². The maximum absolute atomic E-state index is 10.4. The van der Waals surface area contributed by atoms with Gasteiger partial charge in [0.25, 0.3) is 0 Å². The highest BCUT2D eigenvalue weighted by Gasteiger charge is 2.35. The van der Waals surface area contributed by atoms with Crippen LogP contribution in [0.5, 0.6) is 5.75 Å². The second-order valence-corrected chi connectivity index (χ2v) is 6.35. The number of hydrogen-bond acceptors (Lipinski definition) is 5. The lowest BCUT2D eigenvalue weighted by Crippen LogP contribution is -2.33. The van der Waals surface area contributed by atoms with Crippen LogP contribution in [0.1, 0.15) is 11.9 Å². The van der Waals surface area contributed by atoms with Gasteiger partial charge < -0.3 is 14.7 Å². The van der Waals surface area contributed by atoms with Crippen molar-refractivity contribution in [3.05, 3.63) is 53.1 Å². The lowest BCUT2D eigenvalue weighted by atomic mass is 10.1. The van der Waals surface area contributed by atoms with Crippen molar-refractivity contribution in [2.75, 3.05) is 13.7 Å². The third-order valence-corrected chi connectivity index (χ3v) is 4.91. The topological polar surface area (TPSA) is 69.4 Å². The van der Waals surface area contributed by atoms with E-state index in [9.17, 15) is 5.11 Å². The van der Waals surface area contributed by atoms with E-state index in [1.807, 2.05) is 36.6 Å². The van der Waals surface area contributed by atoms with Gasteiger partial charge in [-0.15, -0.1) is 17.9 Å². The average molecular weight is 341 g/mol.